The third-order valence-electron chi connectivity index (χ3n) is 1.45. The number of carbonyl (C=O) groups is 1. The van der Waals surface area contributed by atoms with Gasteiger partial charge in [-0.15, -0.1) is 0 Å². The van der Waals surface area contributed by atoms with Crippen molar-refractivity contribution in [3.63, 3.8) is 0 Å². The van der Waals surface area contributed by atoms with Crippen LogP contribution < -0.4 is 10.6 Å². The Morgan fingerprint density at radius 3 is 1.55 bits per heavy atom. The van der Waals surface area contributed by atoms with Gasteiger partial charge >= 0.3 is 0 Å². The highest BCUT2D eigenvalue weighted by Crippen LogP contribution is 1.71. The van der Waals surface area contributed by atoms with E-state index in [9.17, 15) is 4.79 Å². The van der Waals surface area contributed by atoms with E-state index in [-0.39, 0.29) is 5.78 Å². The van der Waals surface area contributed by atoms with Crippen molar-refractivity contribution in [3.8, 4) is 0 Å². The van der Waals surface area contributed by atoms with Gasteiger partial charge in [-0.05, 0) is 6.92 Å². The third-order valence-corrected chi connectivity index (χ3v) is 1.45. The molecule has 0 radical (unpaired) electrons. The molecule has 1 fully saturated rings. The lowest BCUT2D eigenvalue weighted by Crippen LogP contribution is -2.39. The first-order valence-electron chi connectivity index (χ1n) is 4.18. The van der Waals surface area contributed by atoms with Crippen molar-refractivity contribution in [1.29, 1.82) is 0 Å². The highest BCUT2D eigenvalue weighted by molar-refractivity contribution is 5.74. The Morgan fingerprint density at radius 2 is 1.45 bits per heavy atom. The molecule has 66 valence electrons. The second-order valence-corrected chi connectivity index (χ2v) is 2.56. The van der Waals surface area contributed by atoms with Crippen LogP contribution in [0.5, 0.6) is 0 Å². The summed E-state index contributed by atoms with van der Waals surface area (Å²) in [5, 5.41) is 6.44. The molecular weight excluding hydrogens is 140 g/mol. The zero-order chi connectivity index (χ0) is 8.53. The Balaban J connectivity index is 0.000000187. The molecule has 2 N–H and O–H groups in total. The van der Waals surface area contributed by atoms with Crippen molar-refractivity contribution in [2.24, 2.45) is 0 Å². The van der Waals surface area contributed by atoms with Crippen LogP contribution in [0.25, 0.3) is 0 Å². The fourth-order valence-corrected chi connectivity index (χ4v) is 0.604. The summed E-state index contributed by atoms with van der Waals surface area (Å²) < 4.78 is 0. The van der Waals surface area contributed by atoms with E-state index < -0.39 is 0 Å². The first kappa shape index (κ1) is 10.6. The highest BCUT2D eigenvalue weighted by Gasteiger charge is 1.91. The lowest BCUT2D eigenvalue weighted by molar-refractivity contribution is -0.116. The summed E-state index contributed by atoms with van der Waals surface area (Å²) in [4.78, 5) is 9.81. The van der Waals surface area contributed by atoms with Gasteiger partial charge in [0.15, 0.2) is 0 Å². The molecule has 1 saturated heterocycles. The molecule has 0 atom stereocenters. The fraction of sp³-hybridized carbons (Fsp3) is 0.875. The lowest BCUT2D eigenvalue weighted by Gasteiger charge is -2.11. The summed E-state index contributed by atoms with van der Waals surface area (Å²) >= 11 is 0. The van der Waals surface area contributed by atoms with Crippen LogP contribution in [0.3, 0.4) is 0 Å². The fourth-order valence-electron chi connectivity index (χ4n) is 0.604. The molecule has 0 unspecified atom stereocenters. The maximum Gasteiger partial charge on any atom is 0.129 e. The van der Waals surface area contributed by atoms with E-state index in [1.54, 1.807) is 6.92 Å². The van der Waals surface area contributed by atoms with Crippen molar-refractivity contribution < 1.29 is 4.79 Å². The quantitative estimate of drug-likeness (QED) is 0.571. The predicted octanol–water partition coefficient (Wildman–Crippen LogP) is 0.165. The van der Waals surface area contributed by atoms with E-state index in [2.05, 4.69) is 10.6 Å². The Morgan fingerprint density at radius 1 is 1.18 bits per heavy atom. The summed E-state index contributed by atoms with van der Waals surface area (Å²) in [6, 6.07) is 0. The van der Waals surface area contributed by atoms with Crippen LogP contribution in [-0.2, 0) is 4.79 Å². The van der Waals surface area contributed by atoms with Crippen LogP contribution in [0, 0.1) is 0 Å². The van der Waals surface area contributed by atoms with Crippen LogP contribution in [0.4, 0.5) is 0 Å². The van der Waals surface area contributed by atoms with E-state index in [4.69, 9.17) is 0 Å². The van der Waals surface area contributed by atoms with Gasteiger partial charge in [-0.1, -0.05) is 6.92 Å². The van der Waals surface area contributed by atoms with Crippen LogP contribution in [0.15, 0.2) is 0 Å². The van der Waals surface area contributed by atoms with Gasteiger partial charge in [0, 0.05) is 32.6 Å². The monoisotopic (exact) mass is 158 g/mol. The molecule has 0 spiro atoms. The first-order chi connectivity index (χ1) is 5.27. The number of hydrogen-bond donors (Lipinski definition) is 2. The zero-order valence-corrected chi connectivity index (χ0v) is 7.44. The van der Waals surface area contributed by atoms with Crippen molar-refractivity contribution in [2.75, 3.05) is 26.2 Å². The molecule has 0 aromatic rings. The van der Waals surface area contributed by atoms with Gasteiger partial charge in [-0.3, -0.25) is 0 Å². The standard InChI is InChI=1S/C4H10N2.C4H8O/c1-2-6-4-3-5-1;1-3-4(2)5/h5-6H,1-4H2;3H2,1-2H3. The molecule has 1 aliphatic heterocycles. The number of Topliss-reactive ketones (excluding diaryl/α,β-unsaturated/α-hetero) is 1. The van der Waals surface area contributed by atoms with Crippen LogP contribution >= 0.6 is 0 Å². The van der Waals surface area contributed by atoms with Crippen molar-refractivity contribution in [3.05, 3.63) is 0 Å². The summed E-state index contributed by atoms with van der Waals surface area (Å²) in [7, 11) is 0. The smallest absolute Gasteiger partial charge is 0.129 e. The van der Waals surface area contributed by atoms with E-state index in [1.165, 1.54) is 0 Å². The maximum absolute atomic E-state index is 9.81. The Bertz CT molecular complexity index is 88.8. The first-order valence-corrected chi connectivity index (χ1v) is 4.18. The Labute approximate surface area is 68.6 Å². The van der Waals surface area contributed by atoms with Crippen molar-refractivity contribution >= 4 is 5.78 Å². The van der Waals surface area contributed by atoms with Crippen molar-refractivity contribution in [1.82, 2.24) is 10.6 Å². The molecule has 0 aromatic heterocycles. The minimum absolute atomic E-state index is 0.255. The molecule has 3 heteroatoms. The number of nitrogens with one attached hydrogen (secondary N) is 2. The topological polar surface area (TPSA) is 41.1 Å². The van der Waals surface area contributed by atoms with E-state index >= 15 is 0 Å². The minimum Gasteiger partial charge on any atom is -0.314 e. The lowest BCUT2D eigenvalue weighted by atomic mass is 10.4. The van der Waals surface area contributed by atoms with Crippen LogP contribution in [0.2, 0.25) is 0 Å². The molecule has 0 saturated carbocycles. The Hall–Kier alpha value is -0.410. The maximum atomic E-state index is 9.81. The SMILES string of the molecule is C1CNCCN1.CCC(C)=O. The van der Waals surface area contributed by atoms with E-state index in [1.807, 2.05) is 6.92 Å². The molecule has 0 amide bonds. The van der Waals surface area contributed by atoms with Gasteiger partial charge in [0.05, 0.1) is 0 Å². The number of hydrogen-bond acceptors (Lipinski definition) is 3. The third kappa shape index (κ3) is 9.59. The molecule has 0 bridgehead atoms. The Kier molecular flexibility index (Phi) is 7.41. The van der Waals surface area contributed by atoms with Gasteiger partial charge in [0.25, 0.3) is 0 Å². The molecule has 0 aliphatic carbocycles. The average Bonchev–Trinajstić information content (AvgIpc) is 2.09. The number of ketones is 1. The second kappa shape index (κ2) is 7.69. The molecule has 1 aliphatic rings. The molecule has 0 aromatic carbocycles. The number of rotatable bonds is 1. The van der Waals surface area contributed by atoms with Gasteiger partial charge in [0.1, 0.15) is 5.78 Å². The van der Waals surface area contributed by atoms with Gasteiger partial charge in [-0.25, -0.2) is 0 Å². The van der Waals surface area contributed by atoms with Crippen LogP contribution in [0.1, 0.15) is 20.3 Å². The molecule has 1 rings (SSSR count). The largest absolute Gasteiger partial charge is 0.314 e. The minimum atomic E-state index is 0.255. The van der Waals surface area contributed by atoms with Gasteiger partial charge < -0.3 is 15.4 Å². The molecule has 1 heterocycles. The molecule has 11 heavy (non-hydrogen) atoms. The van der Waals surface area contributed by atoms with Crippen molar-refractivity contribution in [2.45, 2.75) is 20.3 Å². The highest BCUT2D eigenvalue weighted by atomic mass is 16.1. The average molecular weight is 158 g/mol. The summed E-state index contributed by atoms with van der Waals surface area (Å²) in [6.45, 7) is 7.99. The number of piperazine rings is 1. The molecular formula is C8H18N2O. The second-order valence-electron chi connectivity index (χ2n) is 2.56. The zero-order valence-electron chi connectivity index (χ0n) is 7.44. The number of carbonyl (C=O) groups excluding carboxylic acids is 1. The summed E-state index contributed by atoms with van der Waals surface area (Å²) in [5.41, 5.74) is 0. The van der Waals surface area contributed by atoms with Gasteiger partial charge in [0.2, 0.25) is 0 Å². The van der Waals surface area contributed by atoms with Gasteiger partial charge in [-0.2, -0.15) is 0 Å². The van der Waals surface area contributed by atoms with Crippen LogP contribution in [-0.4, -0.2) is 32.0 Å². The normalized spacial score (nSPS) is 16.5. The summed E-state index contributed by atoms with van der Waals surface area (Å²) in [5.74, 6) is 0.255. The van der Waals surface area contributed by atoms with E-state index in [0.717, 1.165) is 26.2 Å². The predicted molar refractivity (Wildman–Crippen MR) is 46.7 cm³/mol. The molecule has 3 nitrogen and oxygen atoms in total. The van der Waals surface area contributed by atoms with E-state index in [0.29, 0.717) is 6.42 Å². The summed E-state index contributed by atoms with van der Waals surface area (Å²) in [6.07, 6.45) is 0.667.